The molecule has 0 saturated heterocycles. The van der Waals surface area contributed by atoms with E-state index in [-0.39, 0.29) is 12.0 Å². The van der Waals surface area contributed by atoms with Crippen molar-refractivity contribution in [1.82, 2.24) is 4.90 Å². The molecule has 1 unspecified atom stereocenters. The van der Waals surface area contributed by atoms with Gasteiger partial charge in [-0.15, -0.1) is 0 Å². The van der Waals surface area contributed by atoms with Gasteiger partial charge in [-0.1, -0.05) is 27.2 Å². The lowest BCUT2D eigenvalue weighted by Crippen LogP contribution is -2.41. The van der Waals surface area contributed by atoms with E-state index in [0.717, 1.165) is 32.6 Å². The third-order valence-electron chi connectivity index (χ3n) is 2.82. The number of hydrogen-bond donors (Lipinski definition) is 2. The van der Waals surface area contributed by atoms with Gasteiger partial charge in [-0.25, -0.2) is 0 Å². The Labute approximate surface area is 88.3 Å². The number of aliphatic hydroxyl groups is 1. The maximum Gasteiger partial charge on any atom is 0.0558 e. The van der Waals surface area contributed by atoms with E-state index in [1.54, 1.807) is 0 Å². The Morgan fingerprint density at radius 2 is 2.00 bits per heavy atom. The highest BCUT2D eigenvalue weighted by molar-refractivity contribution is 4.78. The maximum absolute atomic E-state index is 8.89. The Morgan fingerprint density at radius 3 is 2.36 bits per heavy atom. The molecule has 0 aromatic heterocycles. The van der Waals surface area contributed by atoms with Crippen LogP contribution in [-0.4, -0.2) is 42.8 Å². The van der Waals surface area contributed by atoms with Crippen LogP contribution in [0.4, 0.5) is 0 Å². The zero-order chi connectivity index (χ0) is 11.0. The van der Waals surface area contributed by atoms with Crippen LogP contribution in [0.2, 0.25) is 0 Å². The van der Waals surface area contributed by atoms with E-state index >= 15 is 0 Å². The molecule has 3 heteroatoms. The number of nitrogens with two attached hydrogens (primary N) is 1. The van der Waals surface area contributed by atoms with Gasteiger partial charge in [0.2, 0.25) is 0 Å². The summed E-state index contributed by atoms with van der Waals surface area (Å²) in [5, 5.41) is 8.89. The van der Waals surface area contributed by atoms with Crippen LogP contribution in [0.25, 0.3) is 0 Å². The van der Waals surface area contributed by atoms with Gasteiger partial charge in [0, 0.05) is 13.1 Å². The lowest BCUT2D eigenvalue weighted by Gasteiger charge is -2.33. The van der Waals surface area contributed by atoms with E-state index in [0.29, 0.717) is 0 Å². The number of hydrogen-bond acceptors (Lipinski definition) is 3. The van der Waals surface area contributed by atoms with Crippen LogP contribution in [0.15, 0.2) is 0 Å². The minimum Gasteiger partial charge on any atom is -0.395 e. The van der Waals surface area contributed by atoms with Gasteiger partial charge < -0.3 is 15.7 Å². The Morgan fingerprint density at radius 1 is 1.36 bits per heavy atom. The summed E-state index contributed by atoms with van der Waals surface area (Å²) in [5.74, 6) is 0. The first kappa shape index (κ1) is 13.9. The fraction of sp³-hybridized carbons (Fsp3) is 1.00. The van der Waals surface area contributed by atoms with Crippen LogP contribution in [-0.2, 0) is 0 Å². The zero-order valence-electron chi connectivity index (χ0n) is 9.92. The summed E-state index contributed by atoms with van der Waals surface area (Å²) in [6, 6.07) is 0. The van der Waals surface area contributed by atoms with Crippen molar-refractivity contribution in [2.75, 3.05) is 32.8 Å². The van der Waals surface area contributed by atoms with Crippen LogP contribution < -0.4 is 5.73 Å². The third kappa shape index (κ3) is 4.94. The van der Waals surface area contributed by atoms with Crippen molar-refractivity contribution < 1.29 is 5.11 Å². The second-order valence-corrected chi connectivity index (χ2v) is 4.36. The average Bonchev–Trinajstić information content (AvgIpc) is 2.17. The molecule has 0 aliphatic heterocycles. The molecule has 86 valence electrons. The molecule has 0 aliphatic rings. The van der Waals surface area contributed by atoms with Crippen molar-refractivity contribution >= 4 is 0 Å². The minimum absolute atomic E-state index is 0.208. The smallest absolute Gasteiger partial charge is 0.0558 e. The summed E-state index contributed by atoms with van der Waals surface area (Å²) < 4.78 is 0. The predicted molar refractivity (Wildman–Crippen MR) is 61.3 cm³/mol. The van der Waals surface area contributed by atoms with Crippen molar-refractivity contribution in [3.8, 4) is 0 Å². The first-order valence-corrected chi connectivity index (χ1v) is 5.65. The molecule has 0 spiro atoms. The molecular weight excluding hydrogens is 176 g/mol. The molecular formula is C11H26N2O. The lowest BCUT2D eigenvalue weighted by molar-refractivity contribution is 0.136. The standard InChI is InChI=1S/C11H26N2O/c1-4-6-11(3,9-12)10-13(5-2)7-8-14/h14H,4-10,12H2,1-3H3. The van der Waals surface area contributed by atoms with Gasteiger partial charge in [0.15, 0.2) is 0 Å². The molecule has 3 N–H and O–H groups in total. The molecule has 0 aromatic carbocycles. The van der Waals surface area contributed by atoms with Crippen LogP contribution >= 0.6 is 0 Å². The molecule has 0 aliphatic carbocycles. The molecule has 0 saturated carbocycles. The first-order valence-electron chi connectivity index (χ1n) is 5.65. The van der Waals surface area contributed by atoms with Gasteiger partial charge in [0.05, 0.1) is 6.61 Å². The van der Waals surface area contributed by atoms with Crippen molar-refractivity contribution in [2.45, 2.75) is 33.6 Å². The molecule has 0 aromatic rings. The number of rotatable bonds is 8. The van der Waals surface area contributed by atoms with Gasteiger partial charge in [-0.05, 0) is 24.9 Å². The van der Waals surface area contributed by atoms with E-state index in [1.165, 1.54) is 6.42 Å². The monoisotopic (exact) mass is 202 g/mol. The van der Waals surface area contributed by atoms with Gasteiger partial charge in [0.1, 0.15) is 0 Å². The Balaban J connectivity index is 4.11. The Hall–Kier alpha value is -0.120. The number of nitrogens with zero attached hydrogens (tertiary/aromatic N) is 1. The Kier molecular flexibility index (Phi) is 7.15. The van der Waals surface area contributed by atoms with Crippen molar-refractivity contribution in [3.63, 3.8) is 0 Å². The molecule has 0 fully saturated rings. The van der Waals surface area contributed by atoms with E-state index in [2.05, 4.69) is 25.7 Å². The summed E-state index contributed by atoms with van der Waals surface area (Å²) >= 11 is 0. The quantitative estimate of drug-likeness (QED) is 0.619. The highest BCUT2D eigenvalue weighted by Gasteiger charge is 2.23. The molecule has 3 nitrogen and oxygen atoms in total. The molecule has 1 atom stereocenters. The van der Waals surface area contributed by atoms with Crippen LogP contribution in [0, 0.1) is 5.41 Å². The minimum atomic E-state index is 0.208. The van der Waals surface area contributed by atoms with Gasteiger partial charge >= 0.3 is 0 Å². The topological polar surface area (TPSA) is 49.5 Å². The SMILES string of the molecule is CCCC(C)(CN)CN(CC)CCO. The number of likely N-dealkylation sites (N-methyl/N-ethyl adjacent to an activating group) is 1. The summed E-state index contributed by atoms with van der Waals surface area (Å²) in [6.45, 7) is 10.2. The largest absolute Gasteiger partial charge is 0.395 e. The zero-order valence-corrected chi connectivity index (χ0v) is 9.92. The molecule has 0 amide bonds. The Bertz CT molecular complexity index is 141. The highest BCUT2D eigenvalue weighted by atomic mass is 16.3. The average molecular weight is 202 g/mol. The first-order chi connectivity index (χ1) is 6.61. The lowest BCUT2D eigenvalue weighted by atomic mass is 9.85. The summed E-state index contributed by atoms with van der Waals surface area (Å²) in [5.41, 5.74) is 6.01. The van der Waals surface area contributed by atoms with Crippen molar-refractivity contribution in [2.24, 2.45) is 11.1 Å². The fourth-order valence-electron chi connectivity index (χ4n) is 1.88. The molecule has 14 heavy (non-hydrogen) atoms. The van der Waals surface area contributed by atoms with Gasteiger partial charge in [0.25, 0.3) is 0 Å². The third-order valence-corrected chi connectivity index (χ3v) is 2.82. The van der Waals surface area contributed by atoms with E-state index < -0.39 is 0 Å². The van der Waals surface area contributed by atoms with E-state index in [1.807, 2.05) is 0 Å². The van der Waals surface area contributed by atoms with Crippen LogP contribution in [0.1, 0.15) is 33.6 Å². The predicted octanol–water partition coefficient (Wildman–Crippen LogP) is 1.07. The molecule has 0 radical (unpaired) electrons. The molecule has 0 heterocycles. The second-order valence-electron chi connectivity index (χ2n) is 4.36. The van der Waals surface area contributed by atoms with Crippen molar-refractivity contribution in [3.05, 3.63) is 0 Å². The van der Waals surface area contributed by atoms with Gasteiger partial charge in [-0.2, -0.15) is 0 Å². The normalized spacial score (nSPS) is 15.9. The summed E-state index contributed by atoms with van der Waals surface area (Å²) in [4.78, 5) is 2.27. The fourth-order valence-corrected chi connectivity index (χ4v) is 1.88. The molecule has 0 rings (SSSR count). The summed E-state index contributed by atoms with van der Waals surface area (Å²) in [6.07, 6.45) is 2.33. The van der Waals surface area contributed by atoms with Crippen molar-refractivity contribution in [1.29, 1.82) is 0 Å². The van der Waals surface area contributed by atoms with E-state index in [4.69, 9.17) is 10.8 Å². The number of aliphatic hydroxyl groups excluding tert-OH is 1. The maximum atomic E-state index is 8.89. The highest BCUT2D eigenvalue weighted by Crippen LogP contribution is 2.22. The van der Waals surface area contributed by atoms with E-state index in [9.17, 15) is 0 Å². The van der Waals surface area contributed by atoms with Crippen LogP contribution in [0.5, 0.6) is 0 Å². The van der Waals surface area contributed by atoms with Gasteiger partial charge in [-0.3, -0.25) is 0 Å². The van der Waals surface area contributed by atoms with Crippen LogP contribution in [0.3, 0.4) is 0 Å². The summed E-state index contributed by atoms with van der Waals surface area (Å²) in [7, 11) is 0. The molecule has 0 bridgehead atoms. The second kappa shape index (κ2) is 7.21.